The van der Waals surface area contributed by atoms with Crippen LogP contribution in [0, 0.1) is 10.1 Å². The van der Waals surface area contributed by atoms with Crippen molar-refractivity contribution in [1.29, 1.82) is 0 Å². The monoisotopic (exact) mass is 442 g/mol. The van der Waals surface area contributed by atoms with Gasteiger partial charge in [0.2, 0.25) is 5.69 Å². The summed E-state index contributed by atoms with van der Waals surface area (Å²) in [5.74, 6) is -0.904. The minimum absolute atomic E-state index is 0.0661. The summed E-state index contributed by atoms with van der Waals surface area (Å²) in [6.45, 7) is 2.07. The molecule has 2 aromatic rings. The van der Waals surface area contributed by atoms with Crippen LogP contribution in [-0.4, -0.2) is 46.3 Å². The number of carbonyl (C=O) groups excluding carboxylic acids is 2. The molecule has 3 rings (SSSR count). The Bertz CT molecular complexity index is 996. The summed E-state index contributed by atoms with van der Waals surface area (Å²) >= 11 is 0. The molecule has 1 heterocycles. The first-order chi connectivity index (χ1) is 15.5. The Labute approximate surface area is 185 Å². The second-order valence-electron chi connectivity index (χ2n) is 7.28. The topological polar surface area (TPSA) is 126 Å². The van der Waals surface area contributed by atoms with Gasteiger partial charge in [0.15, 0.2) is 12.4 Å². The van der Waals surface area contributed by atoms with Gasteiger partial charge in [-0.15, -0.1) is 0 Å². The molecule has 0 radical (unpaired) electrons. The van der Waals surface area contributed by atoms with Gasteiger partial charge in [0, 0.05) is 18.7 Å². The van der Waals surface area contributed by atoms with E-state index in [0.29, 0.717) is 12.2 Å². The average molecular weight is 442 g/mol. The van der Waals surface area contributed by atoms with Gasteiger partial charge in [-0.05, 0) is 51.2 Å². The molecule has 170 valence electrons. The van der Waals surface area contributed by atoms with Crippen molar-refractivity contribution in [3.63, 3.8) is 0 Å². The van der Waals surface area contributed by atoms with Crippen LogP contribution in [0.4, 0.5) is 5.69 Å². The summed E-state index contributed by atoms with van der Waals surface area (Å²) in [5, 5.41) is 17.8. The van der Waals surface area contributed by atoms with Gasteiger partial charge < -0.3 is 14.8 Å². The lowest BCUT2D eigenvalue weighted by atomic mass is 9.97. The Morgan fingerprint density at radius 1 is 1.25 bits per heavy atom. The number of rotatable bonds is 10. The van der Waals surface area contributed by atoms with E-state index in [1.54, 1.807) is 6.92 Å². The first-order valence-electron chi connectivity index (χ1n) is 10.6. The van der Waals surface area contributed by atoms with Crippen molar-refractivity contribution < 1.29 is 24.0 Å². The lowest BCUT2D eigenvalue weighted by Crippen LogP contribution is -2.30. The highest BCUT2D eigenvalue weighted by atomic mass is 16.6. The van der Waals surface area contributed by atoms with Crippen molar-refractivity contribution in [2.45, 2.75) is 39.0 Å². The van der Waals surface area contributed by atoms with Crippen LogP contribution in [0.2, 0.25) is 0 Å². The minimum atomic E-state index is -0.687. The molecule has 32 heavy (non-hydrogen) atoms. The van der Waals surface area contributed by atoms with E-state index in [2.05, 4.69) is 16.5 Å². The van der Waals surface area contributed by atoms with Crippen molar-refractivity contribution >= 4 is 17.6 Å². The van der Waals surface area contributed by atoms with Gasteiger partial charge >= 0.3 is 5.97 Å². The molecular weight excluding hydrogens is 416 g/mol. The molecular formula is C22H26N4O6. The minimum Gasteiger partial charge on any atom is -0.480 e. The van der Waals surface area contributed by atoms with E-state index in [9.17, 15) is 19.7 Å². The number of hydrogen-bond donors (Lipinski definition) is 1. The molecule has 0 saturated heterocycles. The highest BCUT2D eigenvalue weighted by Crippen LogP contribution is 2.23. The first-order valence-corrected chi connectivity index (χ1v) is 10.6. The fourth-order valence-corrected chi connectivity index (χ4v) is 3.35. The van der Waals surface area contributed by atoms with Crippen LogP contribution in [0.25, 0.3) is 5.69 Å². The van der Waals surface area contributed by atoms with E-state index >= 15 is 0 Å². The highest BCUT2D eigenvalue weighted by molar-refractivity contribution is 5.90. The maximum atomic E-state index is 12.3. The maximum absolute atomic E-state index is 12.3. The SMILES string of the molecule is CCOC(=O)c1nn(-c2ccc([N+](=O)[O-])cc2)cc1OCC(=O)NCCC1=CCCCC1. The molecule has 1 aliphatic rings. The van der Waals surface area contributed by atoms with Crippen LogP contribution < -0.4 is 10.1 Å². The Hall–Kier alpha value is -3.69. The zero-order valence-corrected chi connectivity index (χ0v) is 17.9. The summed E-state index contributed by atoms with van der Waals surface area (Å²) in [5.41, 5.74) is 1.71. The Morgan fingerprint density at radius 2 is 2.03 bits per heavy atom. The van der Waals surface area contributed by atoms with Gasteiger partial charge in [-0.3, -0.25) is 14.9 Å². The summed E-state index contributed by atoms with van der Waals surface area (Å²) < 4.78 is 11.9. The second-order valence-corrected chi connectivity index (χ2v) is 7.28. The second kappa shape index (κ2) is 11.1. The quantitative estimate of drug-likeness (QED) is 0.259. The van der Waals surface area contributed by atoms with Crippen molar-refractivity contribution in [1.82, 2.24) is 15.1 Å². The first kappa shape index (κ1) is 23.0. The van der Waals surface area contributed by atoms with Gasteiger partial charge in [0.05, 0.1) is 23.4 Å². The number of non-ortho nitro benzene ring substituents is 1. The molecule has 10 nitrogen and oxygen atoms in total. The Balaban J connectivity index is 1.64. The standard InChI is InChI=1S/C22H26N4O6/c1-2-31-22(28)21-19(14-25(24-21)17-8-10-18(11-9-17)26(29)30)32-15-20(27)23-13-12-16-6-4-3-5-7-16/h6,8-11,14H,2-5,7,12-13,15H2,1H3,(H,23,27). The fraction of sp³-hybridized carbons (Fsp3) is 0.409. The molecule has 1 amide bonds. The number of nitro benzene ring substituents is 1. The van der Waals surface area contributed by atoms with Gasteiger partial charge in [0.1, 0.15) is 0 Å². The average Bonchev–Trinajstić information content (AvgIpc) is 3.23. The van der Waals surface area contributed by atoms with Crippen LogP contribution in [-0.2, 0) is 9.53 Å². The van der Waals surface area contributed by atoms with Gasteiger partial charge in [-0.1, -0.05) is 11.6 Å². The number of aromatic nitrogens is 2. The van der Waals surface area contributed by atoms with E-state index in [1.807, 2.05) is 0 Å². The molecule has 1 aromatic heterocycles. The number of ether oxygens (including phenoxy) is 2. The predicted octanol–water partition coefficient (Wildman–Crippen LogP) is 3.34. The molecule has 0 atom stereocenters. The lowest BCUT2D eigenvalue weighted by Gasteiger charge is -2.13. The molecule has 0 bridgehead atoms. The van der Waals surface area contributed by atoms with Crippen LogP contribution in [0.15, 0.2) is 42.1 Å². The molecule has 0 spiro atoms. The predicted molar refractivity (Wildman–Crippen MR) is 116 cm³/mol. The number of hydrogen-bond acceptors (Lipinski definition) is 7. The zero-order chi connectivity index (χ0) is 22.9. The van der Waals surface area contributed by atoms with Crippen LogP contribution >= 0.6 is 0 Å². The maximum Gasteiger partial charge on any atom is 0.362 e. The van der Waals surface area contributed by atoms with E-state index in [-0.39, 0.29) is 36.3 Å². The van der Waals surface area contributed by atoms with Crippen molar-refractivity contribution in [2.75, 3.05) is 19.8 Å². The Morgan fingerprint density at radius 3 is 2.69 bits per heavy atom. The van der Waals surface area contributed by atoms with Gasteiger partial charge in [-0.25, -0.2) is 9.48 Å². The van der Waals surface area contributed by atoms with Crippen molar-refractivity contribution in [3.05, 3.63) is 57.9 Å². The number of nitrogens with one attached hydrogen (secondary N) is 1. The lowest BCUT2D eigenvalue weighted by molar-refractivity contribution is -0.384. The largest absolute Gasteiger partial charge is 0.480 e. The number of carbonyl (C=O) groups is 2. The third kappa shape index (κ3) is 6.16. The third-order valence-electron chi connectivity index (χ3n) is 4.99. The molecule has 0 aliphatic heterocycles. The molecule has 10 heteroatoms. The van der Waals surface area contributed by atoms with E-state index in [1.165, 1.54) is 53.6 Å². The Kier molecular flexibility index (Phi) is 7.96. The summed E-state index contributed by atoms with van der Waals surface area (Å²) in [6, 6.07) is 5.65. The number of allylic oxidation sites excluding steroid dienone is 1. The smallest absolute Gasteiger partial charge is 0.362 e. The molecule has 0 saturated carbocycles. The van der Waals surface area contributed by atoms with E-state index in [0.717, 1.165) is 19.3 Å². The van der Waals surface area contributed by atoms with Crippen molar-refractivity contribution in [3.8, 4) is 11.4 Å². The molecule has 1 aliphatic carbocycles. The summed E-state index contributed by atoms with van der Waals surface area (Å²) in [6.07, 6.45) is 9.09. The number of benzene rings is 1. The number of nitrogens with zero attached hydrogens (tertiary/aromatic N) is 3. The number of nitro groups is 1. The number of esters is 1. The van der Waals surface area contributed by atoms with E-state index < -0.39 is 10.9 Å². The highest BCUT2D eigenvalue weighted by Gasteiger charge is 2.21. The number of amides is 1. The van der Waals surface area contributed by atoms with Crippen LogP contribution in [0.3, 0.4) is 0 Å². The fourth-order valence-electron chi connectivity index (χ4n) is 3.35. The summed E-state index contributed by atoms with van der Waals surface area (Å²) in [7, 11) is 0. The molecule has 0 unspecified atom stereocenters. The van der Waals surface area contributed by atoms with Crippen LogP contribution in [0.5, 0.6) is 5.75 Å². The van der Waals surface area contributed by atoms with E-state index in [4.69, 9.17) is 9.47 Å². The molecule has 1 N–H and O–H groups in total. The van der Waals surface area contributed by atoms with Crippen LogP contribution in [0.1, 0.15) is 49.5 Å². The normalized spacial score (nSPS) is 13.2. The third-order valence-corrected chi connectivity index (χ3v) is 4.99. The van der Waals surface area contributed by atoms with Gasteiger partial charge in [-0.2, -0.15) is 5.10 Å². The molecule has 1 aromatic carbocycles. The van der Waals surface area contributed by atoms with Gasteiger partial charge in [0.25, 0.3) is 11.6 Å². The molecule has 0 fully saturated rings. The zero-order valence-electron chi connectivity index (χ0n) is 17.9. The van der Waals surface area contributed by atoms with Crippen molar-refractivity contribution in [2.24, 2.45) is 0 Å². The summed E-state index contributed by atoms with van der Waals surface area (Å²) in [4.78, 5) is 34.8.